The maximum Gasteiger partial charge on any atom is 0.191 e. The van der Waals surface area contributed by atoms with Crippen LogP contribution in [0, 0.1) is 12.7 Å². The van der Waals surface area contributed by atoms with Crippen LogP contribution in [-0.4, -0.2) is 43.4 Å². The Morgan fingerprint density at radius 3 is 2.61 bits per heavy atom. The Labute approximate surface area is 183 Å². The van der Waals surface area contributed by atoms with E-state index < -0.39 is 6.10 Å². The molecule has 0 fully saturated rings. The Morgan fingerprint density at radius 1 is 1.18 bits per heavy atom. The summed E-state index contributed by atoms with van der Waals surface area (Å²) in [5, 5.41) is 16.5. The van der Waals surface area contributed by atoms with Crippen molar-refractivity contribution in [3.63, 3.8) is 0 Å². The molecule has 2 aromatic carbocycles. The molecule has 0 radical (unpaired) electrons. The lowest BCUT2D eigenvalue weighted by Gasteiger charge is -2.14. The third-order valence-corrected chi connectivity index (χ3v) is 3.86. The van der Waals surface area contributed by atoms with Crippen LogP contribution in [0.4, 0.5) is 4.39 Å². The Balaban J connectivity index is 0.00000392. The van der Waals surface area contributed by atoms with Gasteiger partial charge in [-0.3, -0.25) is 4.99 Å². The Morgan fingerprint density at radius 2 is 1.93 bits per heavy atom. The van der Waals surface area contributed by atoms with Gasteiger partial charge in [0.05, 0.1) is 6.54 Å². The second-order valence-corrected chi connectivity index (χ2v) is 6.30. The molecule has 7 heteroatoms. The van der Waals surface area contributed by atoms with Crippen LogP contribution >= 0.6 is 24.0 Å². The number of aliphatic hydroxyl groups excluding tert-OH is 1. The molecular formula is C21H29FIN3O2. The van der Waals surface area contributed by atoms with E-state index in [0.717, 1.165) is 29.8 Å². The number of rotatable bonds is 9. The number of nitrogens with one attached hydrogen (secondary N) is 2. The SMILES string of the molecule is CCNC(=NCC(O)COc1cccc(C)c1)NCCc1ccc(F)cc1.I. The van der Waals surface area contributed by atoms with Crippen LogP contribution in [0.5, 0.6) is 5.75 Å². The molecule has 0 aliphatic heterocycles. The lowest BCUT2D eigenvalue weighted by molar-refractivity contribution is 0.114. The molecule has 2 aromatic rings. The van der Waals surface area contributed by atoms with E-state index in [1.54, 1.807) is 12.1 Å². The van der Waals surface area contributed by atoms with Crippen LogP contribution in [0.15, 0.2) is 53.5 Å². The van der Waals surface area contributed by atoms with Gasteiger partial charge < -0.3 is 20.5 Å². The van der Waals surface area contributed by atoms with Crippen LogP contribution < -0.4 is 15.4 Å². The molecule has 1 atom stereocenters. The van der Waals surface area contributed by atoms with Crippen molar-refractivity contribution < 1.29 is 14.2 Å². The summed E-state index contributed by atoms with van der Waals surface area (Å²) in [6.07, 6.45) is 0.0575. The average molecular weight is 501 g/mol. The third-order valence-electron chi connectivity index (χ3n) is 3.86. The Bertz CT molecular complexity index is 726. The van der Waals surface area contributed by atoms with Gasteiger partial charge in [-0.25, -0.2) is 4.39 Å². The van der Waals surface area contributed by atoms with Crippen LogP contribution in [0.3, 0.4) is 0 Å². The first-order chi connectivity index (χ1) is 13.1. The first-order valence-electron chi connectivity index (χ1n) is 9.21. The minimum Gasteiger partial charge on any atom is -0.491 e. The molecule has 0 aromatic heterocycles. The van der Waals surface area contributed by atoms with Gasteiger partial charge in [-0.15, -0.1) is 24.0 Å². The fourth-order valence-electron chi connectivity index (χ4n) is 2.46. The van der Waals surface area contributed by atoms with Crippen molar-refractivity contribution in [2.45, 2.75) is 26.4 Å². The van der Waals surface area contributed by atoms with Gasteiger partial charge in [0.2, 0.25) is 0 Å². The number of aliphatic hydroxyl groups is 1. The summed E-state index contributed by atoms with van der Waals surface area (Å²) in [6, 6.07) is 14.2. The molecule has 0 saturated heterocycles. The molecule has 0 aliphatic carbocycles. The number of halogens is 2. The summed E-state index contributed by atoms with van der Waals surface area (Å²) >= 11 is 0. The van der Waals surface area contributed by atoms with Crippen molar-refractivity contribution in [1.82, 2.24) is 10.6 Å². The highest BCUT2D eigenvalue weighted by Gasteiger charge is 2.06. The van der Waals surface area contributed by atoms with E-state index in [1.165, 1.54) is 12.1 Å². The van der Waals surface area contributed by atoms with Crippen LogP contribution in [0.1, 0.15) is 18.1 Å². The second kappa shape index (κ2) is 13.3. The number of hydrogen-bond acceptors (Lipinski definition) is 3. The lowest BCUT2D eigenvalue weighted by Crippen LogP contribution is -2.39. The van der Waals surface area contributed by atoms with Gasteiger partial charge >= 0.3 is 0 Å². The summed E-state index contributed by atoms with van der Waals surface area (Å²) in [5.41, 5.74) is 2.16. The van der Waals surface area contributed by atoms with Crippen molar-refractivity contribution in [3.8, 4) is 5.75 Å². The topological polar surface area (TPSA) is 65.9 Å². The van der Waals surface area contributed by atoms with E-state index in [1.807, 2.05) is 38.1 Å². The molecule has 0 aliphatic rings. The summed E-state index contributed by atoms with van der Waals surface area (Å²) in [5.74, 6) is 1.14. The zero-order valence-corrected chi connectivity index (χ0v) is 18.7. The number of aryl methyl sites for hydroxylation is 1. The summed E-state index contributed by atoms with van der Waals surface area (Å²) in [6.45, 7) is 5.77. The first-order valence-corrected chi connectivity index (χ1v) is 9.21. The third kappa shape index (κ3) is 9.36. The second-order valence-electron chi connectivity index (χ2n) is 6.30. The molecule has 0 heterocycles. The van der Waals surface area contributed by atoms with Crippen molar-refractivity contribution in [1.29, 1.82) is 0 Å². The highest BCUT2D eigenvalue weighted by Crippen LogP contribution is 2.12. The van der Waals surface area contributed by atoms with Gasteiger partial charge in [0, 0.05) is 13.1 Å². The first kappa shape index (κ1) is 24.2. The molecule has 0 spiro atoms. The van der Waals surface area contributed by atoms with Gasteiger partial charge in [0.1, 0.15) is 24.3 Å². The maximum atomic E-state index is 12.9. The molecule has 154 valence electrons. The lowest BCUT2D eigenvalue weighted by atomic mass is 10.1. The molecule has 0 bridgehead atoms. The monoisotopic (exact) mass is 501 g/mol. The van der Waals surface area contributed by atoms with E-state index >= 15 is 0 Å². The van der Waals surface area contributed by atoms with E-state index in [2.05, 4.69) is 15.6 Å². The van der Waals surface area contributed by atoms with E-state index in [0.29, 0.717) is 12.5 Å². The average Bonchev–Trinajstić information content (AvgIpc) is 2.66. The van der Waals surface area contributed by atoms with Crippen molar-refractivity contribution >= 4 is 29.9 Å². The van der Waals surface area contributed by atoms with E-state index in [-0.39, 0.29) is 42.9 Å². The fraction of sp³-hybridized carbons (Fsp3) is 0.381. The standard InChI is InChI=1S/C21H28FN3O2.HI/c1-3-23-21(24-12-11-17-7-9-18(22)10-8-17)25-14-19(26)15-27-20-6-4-5-16(2)13-20;/h4-10,13,19,26H,3,11-12,14-15H2,1-2H3,(H2,23,24,25);1H. The smallest absolute Gasteiger partial charge is 0.191 e. The number of aliphatic imine (C=N–C) groups is 1. The van der Waals surface area contributed by atoms with Crippen LogP contribution in [0.2, 0.25) is 0 Å². The number of nitrogens with zero attached hydrogens (tertiary/aromatic N) is 1. The highest BCUT2D eigenvalue weighted by molar-refractivity contribution is 14.0. The van der Waals surface area contributed by atoms with Gasteiger partial charge in [-0.1, -0.05) is 24.3 Å². The van der Waals surface area contributed by atoms with E-state index in [9.17, 15) is 9.50 Å². The number of ether oxygens (including phenoxy) is 1. The van der Waals surface area contributed by atoms with Gasteiger partial charge in [-0.05, 0) is 55.7 Å². The number of hydrogen-bond donors (Lipinski definition) is 3. The molecule has 1 unspecified atom stereocenters. The predicted molar refractivity (Wildman–Crippen MR) is 122 cm³/mol. The summed E-state index contributed by atoms with van der Waals surface area (Å²) in [4.78, 5) is 4.39. The maximum absolute atomic E-state index is 12.9. The number of guanidine groups is 1. The molecule has 0 amide bonds. The summed E-state index contributed by atoms with van der Waals surface area (Å²) < 4.78 is 18.5. The molecule has 0 saturated carbocycles. The van der Waals surface area contributed by atoms with Crippen molar-refractivity contribution in [2.24, 2.45) is 4.99 Å². The highest BCUT2D eigenvalue weighted by atomic mass is 127. The van der Waals surface area contributed by atoms with Crippen molar-refractivity contribution in [2.75, 3.05) is 26.2 Å². The van der Waals surface area contributed by atoms with Crippen LogP contribution in [0.25, 0.3) is 0 Å². The zero-order chi connectivity index (χ0) is 19.5. The van der Waals surface area contributed by atoms with Gasteiger partial charge in [0.25, 0.3) is 0 Å². The Hall–Kier alpha value is -1.87. The molecule has 2 rings (SSSR count). The minimum absolute atomic E-state index is 0. The number of benzene rings is 2. The molecular weight excluding hydrogens is 472 g/mol. The van der Waals surface area contributed by atoms with E-state index in [4.69, 9.17) is 4.74 Å². The van der Waals surface area contributed by atoms with Crippen LogP contribution in [-0.2, 0) is 6.42 Å². The molecule has 5 nitrogen and oxygen atoms in total. The van der Waals surface area contributed by atoms with Crippen molar-refractivity contribution in [3.05, 3.63) is 65.5 Å². The fourth-order valence-corrected chi connectivity index (χ4v) is 2.46. The van der Waals surface area contributed by atoms with Gasteiger partial charge in [-0.2, -0.15) is 0 Å². The minimum atomic E-state index is -0.696. The molecule has 28 heavy (non-hydrogen) atoms. The zero-order valence-electron chi connectivity index (χ0n) is 16.3. The summed E-state index contributed by atoms with van der Waals surface area (Å²) in [7, 11) is 0. The van der Waals surface area contributed by atoms with Gasteiger partial charge in [0.15, 0.2) is 5.96 Å². The molecule has 3 N–H and O–H groups in total. The quantitative estimate of drug-likeness (QED) is 0.281. The predicted octanol–water partition coefficient (Wildman–Crippen LogP) is 3.29. The normalized spacial score (nSPS) is 12.1. The largest absolute Gasteiger partial charge is 0.491 e. The Kier molecular flexibility index (Phi) is 11.5.